The van der Waals surface area contributed by atoms with E-state index < -0.39 is 10.0 Å². The quantitative estimate of drug-likeness (QED) is 0.635. The molecular formula is C16H26ClN3O3S. The van der Waals surface area contributed by atoms with Crippen LogP contribution in [0.5, 0.6) is 0 Å². The van der Waals surface area contributed by atoms with Gasteiger partial charge in [0.05, 0.1) is 10.4 Å². The Hall–Kier alpha value is -1.15. The number of nitrogens with one attached hydrogen (secondary N) is 2. The van der Waals surface area contributed by atoms with Gasteiger partial charge in [-0.25, -0.2) is 13.1 Å². The molecule has 1 aliphatic rings. The minimum atomic E-state index is -3.42. The molecule has 6 nitrogen and oxygen atoms in total. The average molecular weight is 376 g/mol. The van der Waals surface area contributed by atoms with Crippen LogP contribution in [0.15, 0.2) is 29.2 Å². The molecule has 1 saturated carbocycles. The molecule has 1 atom stereocenters. The first-order valence-corrected chi connectivity index (χ1v) is 9.32. The molecule has 2 rings (SSSR count). The summed E-state index contributed by atoms with van der Waals surface area (Å²) in [5.41, 5.74) is 6.42. The summed E-state index contributed by atoms with van der Waals surface area (Å²) in [6, 6.07) is 6.57. The Balaban J connectivity index is 0.00000288. The fraction of sp³-hybridized carbons (Fsp3) is 0.562. The summed E-state index contributed by atoms with van der Waals surface area (Å²) in [6.07, 6.45) is 3.17. The van der Waals surface area contributed by atoms with Gasteiger partial charge in [-0.2, -0.15) is 0 Å². The van der Waals surface area contributed by atoms with Gasteiger partial charge in [-0.05, 0) is 56.8 Å². The summed E-state index contributed by atoms with van der Waals surface area (Å²) in [7, 11) is -2.04. The lowest BCUT2D eigenvalue weighted by atomic mass is 9.95. The largest absolute Gasteiger partial charge is 0.349 e. The number of halogens is 1. The second-order valence-corrected chi connectivity index (χ2v) is 8.18. The van der Waals surface area contributed by atoms with Crippen molar-refractivity contribution in [2.75, 3.05) is 13.6 Å². The summed E-state index contributed by atoms with van der Waals surface area (Å²) in [4.78, 5) is 12.3. The van der Waals surface area contributed by atoms with Crippen LogP contribution in [0, 0.1) is 5.92 Å². The molecule has 4 N–H and O–H groups in total. The molecule has 0 spiro atoms. The summed E-state index contributed by atoms with van der Waals surface area (Å²) in [6.45, 7) is 2.44. The maximum Gasteiger partial charge on any atom is 0.240 e. The van der Waals surface area contributed by atoms with Crippen LogP contribution in [0.1, 0.15) is 31.7 Å². The molecule has 1 unspecified atom stereocenters. The Kier molecular flexibility index (Phi) is 7.22. The van der Waals surface area contributed by atoms with Gasteiger partial charge in [-0.1, -0.05) is 12.1 Å². The number of rotatable bonds is 8. The smallest absolute Gasteiger partial charge is 0.240 e. The van der Waals surface area contributed by atoms with Gasteiger partial charge in [0, 0.05) is 13.0 Å². The molecule has 136 valence electrons. The third kappa shape index (κ3) is 5.17. The van der Waals surface area contributed by atoms with E-state index in [-0.39, 0.29) is 28.7 Å². The van der Waals surface area contributed by atoms with Gasteiger partial charge in [0.25, 0.3) is 0 Å². The van der Waals surface area contributed by atoms with E-state index in [4.69, 9.17) is 5.73 Å². The van der Waals surface area contributed by atoms with Gasteiger partial charge in [0.2, 0.25) is 15.9 Å². The van der Waals surface area contributed by atoms with Gasteiger partial charge >= 0.3 is 0 Å². The highest BCUT2D eigenvalue weighted by molar-refractivity contribution is 7.89. The highest BCUT2D eigenvalue weighted by atomic mass is 35.5. The Morgan fingerprint density at radius 2 is 1.88 bits per heavy atom. The van der Waals surface area contributed by atoms with Gasteiger partial charge in [-0.15, -0.1) is 12.4 Å². The van der Waals surface area contributed by atoms with E-state index in [9.17, 15) is 13.2 Å². The van der Waals surface area contributed by atoms with Gasteiger partial charge in [0.1, 0.15) is 0 Å². The van der Waals surface area contributed by atoms with Crippen LogP contribution in [0.25, 0.3) is 0 Å². The first-order valence-electron chi connectivity index (χ1n) is 7.84. The van der Waals surface area contributed by atoms with Crippen LogP contribution >= 0.6 is 12.4 Å². The zero-order valence-corrected chi connectivity index (χ0v) is 15.7. The third-order valence-corrected chi connectivity index (χ3v) is 5.90. The third-order valence-electron chi connectivity index (χ3n) is 4.47. The molecule has 1 aromatic carbocycles. The summed E-state index contributed by atoms with van der Waals surface area (Å²) in [5, 5.41) is 3.05. The van der Waals surface area contributed by atoms with Crippen molar-refractivity contribution in [3.63, 3.8) is 0 Å². The van der Waals surface area contributed by atoms with Crippen LogP contribution in [0.4, 0.5) is 0 Å². The molecule has 1 fully saturated rings. The molecule has 1 amide bonds. The molecule has 0 bridgehead atoms. The normalized spacial score (nSPS) is 16.8. The Labute approximate surface area is 150 Å². The molecule has 0 radical (unpaired) electrons. The number of carbonyl (C=O) groups excluding carboxylic acids is 1. The fourth-order valence-electron chi connectivity index (χ4n) is 2.63. The maximum atomic E-state index is 12.1. The topological polar surface area (TPSA) is 101 Å². The van der Waals surface area contributed by atoms with Crippen molar-refractivity contribution in [3.05, 3.63) is 29.8 Å². The molecule has 1 aliphatic carbocycles. The zero-order chi connectivity index (χ0) is 17.1. The lowest BCUT2D eigenvalue weighted by Gasteiger charge is -2.29. The molecule has 0 saturated heterocycles. The first kappa shape index (κ1) is 20.9. The highest BCUT2D eigenvalue weighted by Gasteiger charge is 2.41. The number of sulfonamides is 1. The van der Waals surface area contributed by atoms with Gasteiger partial charge < -0.3 is 11.1 Å². The maximum absolute atomic E-state index is 12.1. The van der Waals surface area contributed by atoms with Crippen molar-refractivity contribution in [1.82, 2.24) is 10.0 Å². The van der Waals surface area contributed by atoms with Gasteiger partial charge in [-0.3, -0.25) is 4.79 Å². The number of nitrogens with two attached hydrogens (primary N) is 1. The van der Waals surface area contributed by atoms with Crippen molar-refractivity contribution in [3.8, 4) is 0 Å². The average Bonchev–Trinajstić information content (AvgIpc) is 3.38. The van der Waals surface area contributed by atoms with E-state index in [1.54, 1.807) is 24.3 Å². The van der Waals surface area contributed by atoms with E-state index >= 15 is 0 Å². The molecule has 0 aliphatic heterocycles. The Bertz CT molecular complexity index is 660. The number of benzene rings is 1. The highest BCUT2D eigenvalue weighted by Crippen LogP contribution is 2.39. The van der Waals surface area contributed by atoms with E-state index in [0.717, 1.165) is 18.4 Å². The summed E-state index contributed by atoms with van der Waals surface area (Å²) in [5.74, 6) is 0.472. The lowest BCUT2D eigenvalue weighted by Crippen LogP contribution is -2.53. The minimum absolute atomic E-state index is 0. The van der Waals surface area contributed by atoms with E-state index in [2.05, 4.69) is 10.0 Å². The van der Waals surface area contributed by atoms with Crippen LogP contribution in [-0.4, -0.2) is 33.5 Å². The van der Waals surface area contributed by atoms with Crippen molar-refractivity contribution in [1.29, 1.82) is 0 Å². The fourth-order valence-corrected chi connectivity index (χ4v) is 3.36. The van der Waals surface area contributed by atoms with E-state index in [0.29, 0.717) is 25.3 Å². The monoisotopic (exact) mass is 375 g/mol. The second kappa shape index (κ2) is 8.29. The number of amides is 1. The molecule has 0 aromatic heterocycles. The lowest BCUT2D eigenvalue weighted by molar-refractivity contribution is -0.123. The molecular weight excluding hydrogens is 350 g/mol. The van der Waals surface area contributed by atoms with Crippen molar-refractivity contribution in [2.45, 2.75) is 43.0 Å². The second-order valence-electron chi connectivity index (χ2n) is 6.30. The first-order chi connectivity index (χ1) is 10.8. The van der Waals surface area contributed by atoms with Crippen LogP contribution in [0.2, 0.25) is 0 Å². The molecule has 0 heterocycles. The van der Waals surface area contributed by atoms with Crippen LogP contribution in [-0.2, 0) is 21.2 Å². The van der Waals surface area contributed by atoms with E-state index in [1.165, 1.54) is 7.05 Å². The number of hydrogen-bond donors (Lipinski definition) is 3. The van der Waals surface area contributed by atoms with Crippen LogP contribution in [0.3, 0.4) is 0 Å². The standard InChI is InChI=1S/C16H25N3O3S.ClH/c1-16(11-17,13-6-7-13)19-15(20)10-5-12-3-8-14(9-4-12)23(21,22)18-2;/h3-4,8-9,13,18H,5-7,10-11,17H2,1-2H3,(H,19,20);1H. The zero-order valence-electron chi connectivity index (χ0n) is 14.0. The van der Waals surface area contributed by atoms with Crippen molar-refractivity contribution in [2.24, 2.45) is 11.7 Å². The SMILES string of the molecule is CNS(=O)(=O)c1ccc(CCC(=O)NC(C)(CN)C2CC2)cc1.Cl. The minimum Gasteiger partial charge on any atom is -0.349 e. The van der Waals surface area contributed by atoms with Crippen molar-refractivity contribution >= 4 is 28.3 Å². The Morgan fingerprint density at radius 1 is 1.29 bits per heavy atom. The molecule has 24 heavy (non-hydrogen) atoms. The number of hydrogen-bond acceptors (Lipinski definition) is 4. The Morgan fingerprint density at radius 3 is 2.33 bits per heavy atom. The predicted molar refractivity (Wildman–Crippen MR) is 96.6 cm³/mol. The number of aryl methyl sites for hydroxylation is 1. The van der Waals surface area contributed by atoms with Gasteiger partial charge in [0.15, 0.2) is 0 Å². The van der Waals surface area contributed by atoms with E-state index in [1.807, 2.05) is 6.92 Å². The van der Waals surface area contributed by atoms with Crippen molar-refractivity contribution < 1.29 is 13.2 Å². The number of carbonyl (C=O) groups is 1. The van der Waals surface area contributed by atoms with Crippen LogP contribution < -0.4 is 15.8 Å². The molecule has 1 aromatic rings. The summed E-state index contributed by atoms with van der Waals surface area (Å²) >= 11 is 0. The molecule has 8 heteroatoms. The summed E-state index contributed by atoms with van der Waals surface area (Å²) < 4.78 is 25.6. The predicted octanol–water partition coefficient (Wildman–Crippen LogP) is 1.19.